The lowest BCUT2D eigenvalue weighted by atomic mass is 10.1. The molecule has 136 valence electrons. The van der Waals surface area contributed by atoms with Gasteiger partial charge >= 0.3 is 0 Å². The molecule has 2 N–H and O–H groups in total. The van der Waals surface area contributed by atoms with Crippen molar-refractivity contribution in [2.45, 2.75) is 39.7 Å². The van der Waals surface area contributed by atoms with Crippen LogP contribution in [0.5, 0.6) is 0 Å². The van der Waals surface area contributed by atoms with Crippen molar-refractivity contribution >= 4 is 47.2 Å². The van der Waals surface area contributed by atoms with E-state index in [0.29, 0.717) is 12.5 Å². The minimum atomic E-state index is 0. The maximum atomic E-state index is 12.4. The van der Waals surface area contributed by atoms with Crippen LogP contribution >= 0.6 is 35.3 Å². The lowest BCUT2D eigenvalue weighted by Gasteiger charge is -2.27. The van der Waals surface area contributed by atoms with Crippen molar-refractivity contribution in [1.82, 2.24) is 15.5 Å². The molecular weight excluding hydrogens is 435 g/mol. The maximum absolute atomic E-state index is 12.4. The van der Waals surface area contributed by atoms with Crippen molar-refractivity contribution in [3.8, 4) is 0 Å². The van der Waals surface area contributed by atoms with Crippen molar-refractivity contribution in [2.24, 2.45) is 10.9 Å². The molecule has 0 aliphatic carbocycles. The minimum absolute atomic E-state index is 0. The van der Waals surface area contributed by atoms with Gasteiger partial charge in [-0.05, 0) is 42.2 Å². The van der Waals surface area contributed by atoms with Crippen molar-refractivity contribution in [3.63, 3.8) is 0 Å². The summed E-state index contributed by atoms with van der Waals surface area (Å²) in [5, 5.41) is 8.50. The van der Waals surface area contributed by atoms with E-state index in [2.05, 4.69) is 40.9 Å². The Bertz CT molecular complexity index is 544. The molecule has 0 unspecified atom stereocenters. The number of guanidine groups is 1. The van der Waals surface area contributed by atoms with Crippen LogP contribution in [0.25, 0.3) is 0 Å². The third-order valence-electron chi connectivity index (χ3n) is 4.04. The fraction of sp³-hybridized carbons (Fsp3) is 0.647. The average molecular weight is 464 g/mol. The molecule has 7 heteroatoms. The van der Waals surface area contributed by atoms with E-state index < -0.39 is 0 Å². The zero-order valence-electron chi connectivity index (χ0n) is 14.8. The van der Waals surface area contributed by atoms with Gasteiger partial charge in [-0.15, -0.1) is 35.3 Å². The van der Waals surface area contributed by atoms with Crippen molar-refractivity contribution in [1.29, 1.82) is 0 Å². The summed E-state index contributed by atoms with van der Waals surface area (Å²) < 4.78 is 0. The first-order chi connectivity index (χ1) is 11.1. The fourth-order valence-electron chi connectivity index (χ4n) is 2.67. The van der Waals surface area contributed by atoms with Crippen LogP contribution in [0.1, 0.15) is 37.1 Å². The lowest BCUT2D eigenvalue weighted by molar-refractivity contribution is -0.130. The van der Waals surface area contributed by atoms with Crippen LogP contribution in [-0.2, 0) is 17.8 Å². The number of nitrogens with zero attached hydrogens (tertiary/aromatic N) is 2. The number of aliphatic imine (C=N–C) groups is 1. The first-order valence-corrected chi connectivity index (χ1v) is 9.25. The van der Waals surface area contributed by atoms with Gasteiger partial charge in [0.1, 0.15) is 0 Å². The molecule has 24 heavy (non-hydrogen) atoms. The Morgan fingerprint density at radius 1 is 1.42 bits per heavy atom. The zero-order valence-corrected chi connectivity index (χ0v) is 17.9. The van der Waals surface area contributed by atoms with Crippen LogP contribution in [0.3, 0.4) is 0 Å². The summed E-state index contributed by atoms with van der Waals surface area (Å²) in [6.07, 6.45) is 3.28. The molecule has 0 radical (unpaired) electrons. The Kier molecular flexibility index (Phi) is 9.65. The lowest BCUT2D eigenvalue weighted by Crippen LogP contribution is -2.45. The second-order valence-electron chi connectivity index (χ2n) is 6.32. The predicted octanol–water partition coefficient (Wildman–Crippen LogP) is 2.85. The number of hydrogen-bond acceptors (Lipinski definition) is 3. The molecular formula is C17H29IN4OS. The molecule has 1 aliphatic heterocycles. The van der Waals surface area contributed by atoms with E-state index >= 15 is 0 Å². The molecule has 2 rings (SSSR count). The average Bonchev–Trinajstić information content (AvgIpc) is 3.01. The molecule has 2 heterocycles. The molecule has 5 nitrogen and oxygen atoms in total. The summed E-state index contributed by atoms with van der Waals surface area (Å²) in [6.45, 7) is 7.18. The predicted molar refractivity (Wildman–Crippen MR) is 112 cm³/mol. The van der Waals surface area contributed by atoms with Crippen LogP contribution < -0.4 is 10.6 Å². The van der Waals surface area contributed by atoms with E-state index in [-0.39, 0.29) is 29.9 Å². The summed E-state index contributed by atoms with van der Waals surface area (Å²) in [7, 11) is 1.74. The second-order valence-corrected chi connectivity index (χ2v) is 7.32. The molecule has 0 spiro atoms. The normalized spacial score (nSPS) is 14.2. The smallest absolute Gasteiger partial charge is 0.242 e. The SMILES string of the molecule is CN=C(NCCCC(C)C)NCC(=O)N1CCc2sccc2C1.I. The number of amides is 1. The topological polar surface area (TPSA) is 56.7 Å². The molecule has 0 atom stereocenters. The Balaban J connectivity index is 0.00000288. The van der Waals surface area contributed by atoms with E-state index in [0.717, 1.165) is 38.4 Å². The van der Waals surface area contributed by atoms with Gasteiger partial charge in [-0.1, -0.05) is 13.8 Å². The molecule has 0 saturated heterocycles. The summed E-state index contributed by atoms with van der Waals surface area (Å²) in [6, 6.07) is 2.13. The van der Waals surface area contributed by atoms with Crippen LogP contribution in [0.2, 0.25) is 0 Å². The van der Waals surface area contributed by atoms with Crippen molar-refractivity contribution in [2.75, 3.05) is 26.7 Å². The molecule has 1 aromatic rings. The van der Waals surface area contributed by atoms with E-state index in [1.807, 2.05) is 4.90 Å². The van der Waals surface area contributed by atoms with Gasteiger partial charge in [-0.3, -0.25) is 9.79 Å². The Hall–Kier alpha value is -0.830. The fourth-order valence-corrected chi connectivity index (χ4v) is 3.56. The Morgan fingerprint density at radius 3 is 2.92 bits per heavy atom. The maximum Gasteiger partial charge on any atom is 0.242 e. The molecule has 0 fully saturated rings. The van der Waals surface area contributed by atoms with Crippen molar-refractivity contribution < 1.29 is 4.79 Å². The molecule has 1 aliphatic rings. The van der Waals surface area contributed by atoms with Gasteiger partial charge in [0, 0.05) is 31.6 Å². The highest BCUT2D eigenvalue weighted by atomic mass is 127. The number of nitrogens with one attached hydrogen (secondary N) is 2. The largest absolute Gasteiger partial charge is 0.356 e. The molecule has 0 bridgehead atoms. The number of rotatable bonds is 6. The number of hydrogen-bond donors (Lipinski definition) is 2. The monoisotopic (exact) mass is 464 g/mol. The molecule has 0 saturated carbocycles. The first-order valence-electron chi connectivity index (χ1n) is 8.37. The van der Waals surface area contributed by atoms with Crippen LogP contribution in [0, 0.1) is 5.92 Å². The minimum Gasteiger partial charge on any atom is -0.356 e. The molecule has 0 aromatic carbocycles. The van der Waals surface area contributed by atoms with Crippen LogP contribution in [-0.4, -0.2) is 43.4 Å². The number of thiophene rings is 1. The molecule has 1 aromatic heterocycles. The highest BCUT2D eigenvalue weighted by molar-refractivity contribution is 14.0. The number of halogens is 1. The van der Waals surface area contributed by atoms with E-state index in [1.165, 1.54) is 16.9 Å². The van der Waals surface area contributed by atoms with Gasteiger partial charge in [-0.25, -0.2) is 0 Å². The summed E-state index contributed by atoms with van der Waals surface area (Å²) in [5.74, 6) is 1.55. The second kappa shape index (κ2) is 10.9. The standard InChI is InChI=1S/C17H28N4OS.HI/c1-13(2)5-4-8-19-17(18-3)20-11-16(22)21-9-6-15-14(12-21)7-10-23-15;/h7,10,13H,4-6,8-9,11-12H2,1-3H3,(H2,18,19,20);1H. The number of fused-ring (bicyclic) bond motifs is 1. The summed E-state index contributed by atoms with van der Waals surface area (Å²) in [5.41, 5.74) is 1.30. The number of carbonyl (C=O) groups is 1. The van der Waals surface area contributed by atoms with E-state index in [9.17, 15) is 4.79 Å². The van der Waals surface area contributed by atoms with Gasteiger partial charge < -0.3 is 15.5 Å². The summed E-state index contributed by atoms with van der Waals surface area (Å²) in [4.78, 5) is 19.9. The van der Waals surface area contributed by atoms with Gasteiger partial charge in [0.15, 0.2) is 5.96 Å². The number of carbonyl (C=O) groups excluding carboxylic acids is 1. The van der Waals surface area contributed by atoms with Gasteiger partial charge in [0.2, 0.25) is 5.91 Å². The Labute approximate surface area is 166 Å². The highest BCUT2D eigenvalue weighted by Crippen LogP contribution is 2.23. The van der Waals surface area contributed by atoms with Crippen molar-refractivity contribution in [3.05, 3.63) is 21.9 Å². The highest BCUT2D eigenvalue weighted by Gasteiger charge is 2.21. The van der Waals surface area contributed by atoms with Gasteiger partial charge in [0.25, 0.3) is 0 Å². The summed E-state index contributed by atoms with van der Waals surface area (Å²) >= 11 is 1.79. The third kappa shape index (κ3) is 6.58. The van der Waals surface area contributed by atoms with Crippen LogP contribution in [0.4, 0.5) is 0 Å². The Morgan fingerprint density at radius 2 is 2.21 bits per heavy atom. The third-order valence-corrected chi connectivity index (χ3v) is 5.06. The zero-order chi connectivity index (χ0) is 16.7. The van der Waals surface area contributed by atoms with Gasteiger partial charge in [-0.2, -0.15) is 0 Å². The van der Waals surface area contributed by atoms with Gasteiger partial charge in [0.05, 0.1) is 6.54 Å². The van der Waals surface area contributed by atoms with E-state index in [1.54, 1.807) is 18.4 Å². The quantitative estimate of drug-likeness (QED) is 0.295. The molecule has 1 amide bonds. The van der Waals surface area contributed by atoms with Crippen LogP contribution in [0.15, 0.2) is 16.4 Å². The van der Waals surface area contributed by atoms with E-state index in [4.69, 9.17) is 0 Å². The first kappa shape index (κ1) is 21.2.